The van der Waals surface area contributed by atoms with Gasteiger partial charge in [0.1, 0.15) is 5.82 Å². The molecule has 0 atom stereocenters. The Hall–Kier alpha value is -3.11. The number of esters is 1. The predicted octanol–water partition coefficient (Wildman–Crippen LogP) is 6.53. The van der Waals surface area contributed by atoms with E-state index in [1.54, 1.807) is 0 Å². The van der Waals surface area contributed by atoms with E-state index in [1.165, 1.54) is 7.11 Å². The molecule has 4 rings (SSSR count). The maximum absolute atomic E-state index is 12.8. The number of carbonyl (C=O) groups is 1. The highest BCUT2D eigenvalue weighted by molar-refractivity contribution is 6.31. The van der Waals surface area contributed by atoms with Gasteiger partial charge in [0.15, 0.2) is 0 Å². The van der Waals surface area contributed by atoms with Crippen LogP contribution in [0.3, 0.4) is 0 Å². The van der Waals surface area contributed by atoms with Crippen LogP contribution in [-0.4, -0.2) is 22.6 Å². The van der Waals surface area contributed by atoms with Gasteiger partial charge in [-0.15, -0.1) is 0 Å². The second-order valence-corrected chi connectivity index (χ2v) is 7.97. The number of rotatable bonds is 7. The van der Waals surface area contributed by atoms with Crippen LogP contribution in [0.25, 0.3) is 22.2 Å². The summed E-state index contributed by atoms with van der Waals surface area (Å²) in [4.78, 5) is 17.8. The third-order valence-electron chi connectivity index (χ3n) is 5.47. The van der Waals surface area contributed by atoms with Gasteiger partial charge in [-0.1, -0.05) is 73.5 Å². The molecule has 0 saturated carbocycles. The Bertz CT molecular complexity index is 1220. The van der Waals surface area contributed by atoms with Gasteiger partial charge in [-0.25, -0.2) is 9.78 Å². The third kappa shape index (κ3) is 4.35. The summed E-state index contributed by atoms with van der Waals surface area (Å²) in [6.45, 7) is 2.71. The minimum Gasteiger partial charge on any atom is -0.465 e. The summed E-state index contributed by atoms with van der Waals surface area (Å²) in [7, 11) is 1.41. The van der Waals surface area contributed by atoms with E-state index in [0.29, 0.717) is 17.1 Å². The molecule has 0 aliphatic heterocycles. The van der Waals surface area contributed by atoms with Crippen LogP contribution in [0.5, 0.6) is 0 Å². The minimum atomic E-state index is -0.370. The van der Waals surface area contributed by atoms with Crippen LogP contribution >= 0.6 is 11.6 Å². The molecule has 0 aliphatic rings. The molecule has 3 aromatic carbocycles. The number of fused-ring (bicyclic) bond motifs is 1. The van der Waals surface area contributed by atoms with Crippen LogP contribution in [0.15, 0.2) is 66.7 Å². The average molecular weight is 433 g/mol. The molecule has 0 spiro atoms. The molecular formula is C26H25ClN2O2. The van der Waals surface area contributed by atoms with Crippen molar-refractivity contribution < 1.29 is 9.53 Å². The van der Waals surface area contributed by atoms with Crippen molar-refractivity contribution in [2.24, 2.45) is 0 Å². The molecule has 4 aromatic rings. The zero-order chi connectivity index (χ0) is 21.8. The molecule has 0 amide bonds. The average Bonchev–Trinajstić information content (AvgIpc) is 3.15. The molecule has 0 fully saturated rings. The Morgan fingerprint density at radius 2 is 1.77 bits per heavy atom. The first kappa shape index (κ1) is 21.1. The van der Waals surface area contributed by atoms with Gasteiger partial charge in [0.05, 0.1) is 30.3 Å². The number of hydrogen-bond donors (Lipinski definition) is 0. The first-order valence-corrected chi connectivity index (χ1v) is 10.9. The number of ether oxygens (including phenoxy) is 1. The molecule has 4 nitrogen and oxygen atoms in total. The SMILES string of the molecule is CCCCc1nc2cc(-c3ccccc3)cc(C(=O)OC)c2n1Cc1ccccc1Cl. The van der Waals surface area contributed by atoms with Crippen molar-refractivity contribution in [3.63, 3.8) is 0 Å². The molecule has 5 heteroatoms. The largest absolute Gasteiger partial charge is 0.465 e. The number of carbonyl (C=O) groups excluding carboxylic acids is 1. The highest BCUT2D eigenvalue weighted by Crippen LogP contribution is 2.31. The number of halogens is 1. The molecule has 1 heterocycles. The van der Waals surface area contributed by atoms with E-state index in [-0.39, 0.29) is 5.97 Å². The van der Waals surface area contributed by atoms with Crippen molar-refractivity contribution in [3.05, 3.63) is 88.7 Å². The first-order chi connectivity index (χ1) is 15.1. The van der Waals surface area contributed by atoms with Crippen molar-refractivity contribution in [2.45, 2.75) is 32.7 Å². The number of aromatic nitrogens is 2. The van der Waals surface area contributed by atoms with Gasteiger partial charge < -0.3 is 9.30 Å². The fourth-order valence-corrected chi connectivity index (χ4v) is 4.07. The van der Waals surface area contributed by atoms with E-state index < -0.39 is 0 Å². The van der Waals surface area contributed by atoms with Crippen LogP contribution in [0.1, 0.15) is 41.5 Å². The lowest BCUT2D eigenvalue weighted by Gasteiger charge is -2.13. The molecule has 0 radical (unpaired) electrons. The lowest BCUT2D eigenvalue weighted by molar-refractivity contribution is 0.0602. The van der Waals surface area contributed by atoms with Crippen LogP contribution in [0.2, 0.25) is 5.02 Å². The normalized spacial score (nSPS) is 11.1. The molecular weight excluding hydrogens is 408 g/mol. The van der Waals surface area contributed by atoms with E-state index >= 15 is 0 Å². The van der Waals surface area contributed by atoms with Crippen LogP contribution in [0, 0.1) is 0 Å². The third-order valence-corrected chi connectivity index (χ3v) is 5.84. The highest BCUT2D eigenvalue weighted by atomic mass is 35.5. The van der Waals surface area contributed by atoms with E-state index in [4.69, 9.17) is 21.3 Å². The number of unbranched alkanes of at least 4 members (excludes halogenated alkanes) is 1. The molecule has 0 saturated heterocycles. The molecule has 31 heavy (non-hydrogen) atoms. The van der Waals surface area contributed by atoms with E-state index in [1.807, 2.05) is 60.7 Å². The monoisotopic (exact) mass is 432 g/mol. The molecule has 0 N–H and O–H groups in total. The zero-order valence-electron chi connectivity index (χ0n) is 17.8. The quantitative estimate of drug-likeness (QED) is 0.311. The van der Waals surface area contributed by atoms with E-state index in [0.717, 1.165) is 52.8 Å². The Morgan fingerprint density at radius 3 is 2.48 bits per heavy atom. The van der Waals surface area contributed by atoms with Gasteiger partial charge in [0.25, 0.3) is 0 Å². The molecule has 0 unspecified atom stereocenters. The Balaban J connectivity index is 1.95. The van der Waals surface area contributed by atoms with Gasteiger partial charge in [-0.2, -0.15) is 0 Å². The summed E-state index contributed by atoms with van der Waals surface area (Å²) in [5.74, 6) is 0.581. The second kappa shape index (κ2) is 9.36. The highest BCUT2D eigenvalue weighted by Gasteiger charge is 2.21. The summed E-state index contributed by atoms with van der Waals surface area (Å²) in [5, 5.41) is 0.700. The molecule has 0 bridgehead atoms. The van der Waals surface area contributed by atoms with Crippen molar-refractivity contribution >= 4 is 28.6 Å². The maximum atomic E-state index is 12.8. The minimum absolute atomic E-state index is 0.370. The van der Waals surface area contributed by atoms with Crippen LogP contribution in [0.4, 0.5) is 0 Å². The summed E-state index contributed by atoms with van der Waals surface area (Å²) in [6.07, 6.45) is 2.91. The Morgan fingerprint density at radius 1 is 1.03 bits per heavy atom. The number of nitrogens with zero attached hydrogens (tertiary/aromatic N) is 2. The maximum Gasteiger partial charge on any atom is 0.340 e. The number of benzene rings is 3. The topological polar surface area (TPSA) is 44.1 Å². The smallest absolute Gasteiger partial charge is 0.340 e. The van der Waals surface area contributed by atoms with Crippen molar-refractivity contribution in [3.8, 4) is 11.1 Å². The summed E-state index contributed by atoms with van der Waals surface area (Å²) in [5.41, 5.74) is 5.06. The number of imidazole rings is 1. The summed E-state index contributed by atoms with van der Waals surface area (Å²) in [6, 6.07) is 21.7. The van der Waals surface area contributed by atoms with Gasteiger partial charge >= 0.3 is 5.97 Å². The predicted molar refractivity (Wildman–Crippen MR) is 126 cm³/mol. The number of aryl methyl sites for hydroxylation is 1. The van der Waals surface area contributed by atoms with Gasteiger partial charge in [-0.05, 0) is 41.3 Å². The van der Waals surface area contributed by atoms with E-state index in [2.05, 4.69) is 17.6 Å². The van der Waals surface area contributed by atoms with Gasteiger partial charge in [0.2, 0.25) is 0 Å². The first-order valence-electron chi connectivity index (χ1n) is 10.5. The van der Waals surface area contributed by atoms with Crippen LogP contribution in [-0.2, 0) is 17.7 Å². The Labute approximate surface area is 187 Å². The molecule has 0 aliphatic carbocycles. The van der Waals surface area contributed by atoms with Gasteiger partial charge in [0, 0.05) is 11.4 Å². The van der Waals surface area contributed by atoms with Crippen molar-refractivity contribution in [1.82, 2.24) is 9.55 Å². The lowest BCUT2D eigenvalue weighted by Crippen LogP contribution is -2.10. The lowest BCUT2D eigenvalue weighted by atomic mass is 10.0. The van der Waals surface area contributed by atoms with Crippen LogP contribution < -0.4 is 0 Å². The molecule has 158 valence electrons. The number of methoxy groups -OCH3 is 1. The fourth-order valence-electron chi connectivity index (χ4n) is 3.87. The zero-order valence-corrected chi connectivity index (χ0v) is 18.5. The fraction of sp³-hybridized carbons (Fsp3) is 0.231. The second-order valence-electron chi connectivity index (χ2n) is 7.56. The van der Waals surface area contributed by atoms with E-state index in [9.17, 15) is 4.79 Å². The van der Waals surface area contributed by atoms with Gasteiger partial charge in [-0.3, -0.25) is 0 Å². The number of hydrogen-bond acceptors (Lipinski definition) is 3. The van der Waals surface area contributed by atoms with Crippen molar-refractivity contribution in [1.29, 1.82) is 0 Å². The summed E-state index contributed by atoms with van der Waals surface area (Å²) >= 11 is 6.46. The standard InChI is InChI=1S/C26H25ClN2O2/c1-3-4-14-24-28-23-16-20(18-10-6-5-7-11-18)15-21(26(30)31-2)25(23)29(24)17-19-12-8-9-13-22(19)27/h5-13,15-16H,3-4,14,17H2,1-2H3. The summed E-state index contributed by atoms with van der Waals surface area (Å²) < 4.78 is 7.27. The molecule has 1 aromatic heterocycles. The van der Waals surface area contributed by atoms with Crippen molar-refractivity contribution in [2.75, 3.05) is 7.11 Å². The Kier molecular flexibility index (Phi) is 6.38.